The number of likely N-dealkylation sites (tertiary alicyclic amines) is 1. The lowest BCUT2D eigenvalue weighted by atomic mass is 10.00. The fraction of sp³-hybridized carbons (Fsp3) is 0.571. The Bertz CT molecular complexity index is 154. The fourth-order valence-electron chi connectivity index (χ4n) is 1.12. The van der Waals surface area contributed by atoms with Crippen LogP contribution in [-0.2, 0) is 4.79 Å². The summed E-state index contributed by atoms with van der Waals surface area (Å²) in [6.07, 6.45) is 3.11. The molecule has 0 aromatic rings. The highest BCUT2D eigenvalue weighted by molar-refractivity contribution is 5.82. The number of nitrogens with zero attached hydrogens (tertiary/aromatic N) is 1. The predicted molar refractivity (Wildman–Crippen MR) is 37.2 cm³/mol. The Hall–Kier alpha value is -0.830. The Labute approximate surface area is 59.9 Å². The van der Waals surface area contributed by atoms with Gasteiger partial charge in [-0.2, -0.15) is 0 Å². The van der Waals surface area contributed by atoms with Gasteiger partial charge in [-0.1, -0.05) is 6.08 Å². The van der Waals surface area contributed by atoms with Gasteiger partial charge < -0.3 is 10.0 Å². The van der Waals surface area contributed by atoms with Crippen molar-refractivity contribution in [1.29, 1.82) is 0 Å². The smallest absolute Gasteiger partial charge is 0.226 e. The first-order chi connectivity index (χ1) is 4.79. The van der Waals surface area contributed by atoms with E-state index in [0.29, 0.717) is 6.42 Å². The lowest BCUT2D eigenvalue weighted by Gasteiger charge is -2.38. The van der Waals surface area contributed by atoms with Crippen LogP contribution in [0, 0.1) is 0 Å². The lowest BCUT2D eigenvalue weighted by Crippen LogP contribution is -2.52. The zero-order chi connectivity index (χ0) is 7.56. The van der Waals surface area contributed by atoms with Crippen LogP contribution in [0.25, 0.3) is 0 Å². The maximum Gasteiger partial charge on any atom is 0.226 e. The molecule has 1 heterocycles. The molecule has 1 aliphatic heterocycles. The van der Waals surface area contributed by atoms with Gasteiger partial charge in [-0.05, 0) is 6.42 Å². The molecule has 0 bridgehead atoms. The summed E-state index contributed by atoms with van der Waals surface area (Å²) in [5.41, 5.74) is 0. The van der Waals surface area contributed by atoms with Gasteiger partial charge in [-0.3, -0.25) is 4.79 Å². The molecule has 0 saturated carbocycles. The minimum absolute atomic E-state index is 0.0364. The Kier molecular flexibility index (Phi) is 2.06. The van der Waals surface area contributed by atoms with Crippen molar-refractivity contribution in [3.8, 4) is 0 Å². The molecular weight excluding hydrogens is 130 g/mol. The van der Waals surface area contributed by atoms with Gasteiger partial charge in [-0.25, -0.2) is 0 Å². The number of carbonyl (C=O) groups excluding carboxylic acids is 1. The van der Waals surface area contributed by atoms with Crippen LogP contribution in [0.5, 0.6) is 0 Å². The average Bonchev–Trinajstić information content (AvgIpc) is 1.88. The van der Waals surface area contributed by atoms with Crippen LogP contribution in [0.4, 0.5) is 0 Å². The first-order valence-electron chi connectivity index (χ1n) is 3.30. The molecule has 0 aromatic heterocycles. The average molecular weight is 141 g/mol. The summed E-state index contributed by atoms with van der Waals surface area (Å²) in [5.74, 6) is 0.0364. The van der Waals surface area contributed by atoms with E-state index in [2.05, 4.69) is 6.58 Å². The Morgan fingerprint density at radius 3 is 3.00 bits per heavy atom. The fourth-order valence-corrected chi connectivity index (χ4v) is 1.12. The normalized spacial score (nSPS) is 24.3. The second-order valence-corrected chi connectivity index (χ2v) is 2.39. The third-order valence-corrected chi connectivity index (χ3v) is 1.76. The molecule has 1 rings (SSSR count). The minimum atomic E-state index is -0.155. The standard InChI is InChI=1S/C7H11NO2/c1-2-3-6-4-7(10)8(6)5-9/h2,6,9H,1,3-5H2. The van der Waals surface area contributed by atoms with Gasteiger partial charge in [0.25, 0.3) is 0 Å². The SMILES string of the molecule is C=CCC1CC(=O)N1CO. The quantitative estimate of drug-likeness (QED) is 0.447. The van der Waals surface area contributed by atoms with E-state index in [1.807, 2.05) is 0 Å². The molecule has 1 atom stereocenters. The zero-order valence-electron chi connectivity index (χ0n) is 5.79. The molecule has 10 heavy (non-hydrogen) atoms. The van der Waals surface area contributed by atoms with E-state index >= 15 is 0 Å². The largest absolute Gasteiger partial charge is 0.376 e. The number of amides is 1. The van der Waals surface area contributed by atoms with Gasteiger partial charge in [0, 0.05) is 12.5 Å². The monoisotopic (exact) mass is 141 g/mol. The van der Waals surface area contributed by atoms with Gasteiger partial charge >= 0.3 is 0 Å². The summed E-state index contributed by atoms with van der Waals surface area (Å²) in [5, 5.41) is 8.62. The molecule has 56 valence electrons. The summed E-state index contributed by atoms with van der Waals surface area (Å²) in [7, 11) is 0. The van der Waals surface area contributed by atoms with Crippen LogP contribution in [0.2, 0.25) is 0 Å². The number of aliphatic hydroxyl groups excluding tert-OH is 1. The molecule has 1 N–H and O–H groups in total. The van der Waals surface area contributed by atoms with Crippen molar-refractivity contribution in [3.05, 3.63) is 12.7 Å². The van der Waals surface area contributed by atoms with E-state index in [1.165, 1.54) is 4.90 Å². The van der Waals surface area contributed by atoms with Gasteiger partial charge in [0.1, 0.15) is 6.73 Å². The van der Waals surface area contributed by atoms with E-state index in [-0.39, 0.29) is 18.7 Å². The number of rotatable bonds is 3. The Morgan fingerprint density at radius 1 is 1.90 bits per heavy atom. The van der Waals surface area contributed by atoms with Crippen molar-refractivity contribution >= 4 is 5.91 Å². The third-order valence-electron chi connectivity index (χ3n) is 1.76. The van der Waals surface area contributed by atoms with E-state index in [1.54, 1.807) is 6.08 Å². The summed E-state index contributed by atoms with van der Waals surface area (Å²) in [6.45, 7) is 3.40. The molecule has 0 aromatic carbocycles. The molecule has 3 heteroatoms. The number of aliphatic hydroxyl groups is 1. The first kappa shape index (κ1) is 7.28. The second kappa shape index (κ2) is 2.84. The van der Waals surface area contributed by atoms with E-state index in [0.717, 1.165) is 6.42 Å². The molecular formula is C7H11NO2. The van der Waals surface area contributed by atoms with Crippen molar-refractivity contribution in [1.82, 2.24) is 4.90 Å². The number of β-lactam (4-membered cyclic amide) rings is 1. The van der Waals surface area contributed by atoms with Crippen LogP contribution < -0.4 is 0 Å². The van der Waals surface area contributed by atoms with Gasteiger partial charge in [0.05, 0.1) is 0 Å². The maximum absolute atomic E-state index is 10.7. The molecule has 1 saturated heterocycles. The minimum Gasteiger partial charge on any atom is -0.376 e. The van der Waals surface area contributed by atoms with Crippen molar-refractivity contribution < 1.29 is 9.90 Å². The van der Waals surface area contributed by atoms with E-state index in [9.17, 15) is 4.79 Å². The molecule has 1 amide bonds. The molecule has 3 nitrogen and oxygen atoms in total. The predicted octanol–water partition coefficient (Wildman–Crippen LogP) is 0.113. The van der Waals surface area contributed by atoms with Crippen molar-refractivity contribution in [2.45, 2.75) is 18.9 Å². The zero-order valence-corrected chi connectivity index (χ0v) is 5.79. The molecule has 0 aliphatic carbocycles. The third kappa shape index (κ3) is 1.04. The topological polar surface area (TPSA) is 40.5 Å². The van der Waals surface area contributed by atoms with Gasteiger partial charge in [0.2, 0.25) is 5.91 Å². The molecule has 1 unspecified atom stereocenters. The molecule has 0 spiro atoms. The van der Waals surface area contributed by atoms with E-state index in [4.69, 9.17) is 5.11 Å². The van der Waals surface area contributed by atoms with Crippen molar-refractivity contribution in [2.24, 2.45) is 0 Å². The van der Waals surface area contributed by atoms with Crippen LogP contribution in [0.1, 0.15) is 12.8 Å². The van der Waals surface area contributed by atoms with E-state index < -0.39 is 0 Å². The summed E-state index contributed by atoms with van der Waals surface area (Å²) in [6, 6.07) is 0.204. The highest BCUT2D eigenvalue weighted by Crippen LogP contribution is 2.20. The van der Waals surface area contributed by atoms with Crippen LogP contribution in [0.3, 0.4) is 0 Å². The summed E-state index contributed by atoms with van der Waals surface area (Å²) >= 11 is 0. The number of hydrogen-bond donors (Lipinski definition) is 1. The van der Waals surface area contributed by atoms with Crippen LogP contribution >= 0.6 is 0 Å². The molecule has 1 aliphatic rings. The maximum atomic E-state index is 10.7. The van der Waals surface area contributed by atoms with Gasteiger partial charge in [0.15, 0.2) is 0 Å². The summed E-state index contributed by atoms with van der Waals surface area (Å²) < 4.78 is 0. The Balaban J connectivity index is 2.37. The molecule has 1 fully saturated rings. The van der Waals surface area contributed by atoms with Crippen molar-refractivity contribution in [3.63, 3.8) is 0 Å². The lowest BCUT2D eigenvalue weighted by molar-refractivity contribution is -0.151. The second-order valence-electron chi connectivity index (χ2n) is 2.39. The summed E-state index contributed by atoms with van der Waals surface area (Å²) in [4.78, 5) is 12.1. The van der Waals surface area contributed by atoms with Crippen LogP contribution in [0.15, 0.2) is 12.7 Å². The highest BCUT2D eigenvalue weighted by Gasteiger charge is 2.33. The van der Waals surface area contributed by atoms with Crippen LogP contribution in [-0.4, -0.2) is 28.7 Å². The highest BCUT2D eigenvalue weighted by atomic mass is 16.3. The van der Waals surface area contributed by atoms with Crippen molar-refractivity contribution in [2.75, 3.05) is 6.73 Å². The number of carbonyl (C=O) groups is 1. The Morgan fingerprint density at radius 2 is 2.60 bits per heavy atom. The first-order valence-corrected chi connectivity index (χ1v) is 3.30. The molecule has 0 radical (unpaired) electrons. The van der Waals surface area contributed by atoms with Gasteiger partial charge in [-0.15, -0.1) is 6.58 Å². The number of hydrogen-bond acceptors (Lipinski definition) is 2.